The van der Waals surface area contributed by atoms with E-state index in [1.807, 2.05) is 13.0 Å². The van der Waals surface area contributed by atoms with Crippen molar-refractivity contribution in [1.82, 2.24) is 9.62 Å². The van der Waals surface area contributed by atoms with Crippen molar-refractivity contribution in [2.24, 2.45) is 5.92 Å². The standard InChI is InChI=1S/C16H21BrN2O4S/c1-10(11-3-4-11)19-9-12-7-13(17)8-14(15(12)16(19)20)24(21,22)18-5-6-23-2/h7-8,10-11,18H,3-6,9H2,1-2H3. The summed E-state index contributed by atoms with van der Waals surface area (Å²) in [6.07, 6.45) is 2.27. The first-order chi connectivity index (χ1) is 11.3. The monoisotopic (exact) mass is 416 g/mol. The van der Waals surface area contributed by atoms with Crippen molar-refractivity contribution >= 4 is 31.9 Å². The molecule has 1 amide bonds. The Morgan fingerprint density at radius 1 is 1.42 bits per heavy atom. The molecule has 0 saturated heterocycles. The van der Waals surface area contributed by atoms with Crippen molar-refractivity contribution in [2.45, 2.75) is 37.2 Å². The number of halogens is 1. The summed E-state index contributed by atoms with van der Waals surface area (Å²) in [5.41, 5.74) is 1.06. The number of carbonyl (C=O) groups is 1. The van der Waals surface area contributed by atoms with Crippen LogP contribution in [0.25, 0.3) is 0 Å². The SMILES string of the molecule is COCCNS(=O)(=O)c1cc(Br)cc2c1C(=O)N(C(C)C1CC1)C2. The lowest BCUT2D eigenvalue weighted by atomic mass is 10.1. The molecular formula is C16H21BrN2O4S. The third-order valence-corrected chi connectivity index (χ3v) is 6.59. The Labute approximate surface area is 150 Å². The van der Waals surface area contributed by atoms with Crippen molar-refractivity contribution < 1.29 is 17.9 Å². The highest BCUT2D eigenvalue weighted by molar-refractivity contribution is 9.10. The minimum absolute atomic E-state index is 0.0403. The van der Waals surface area contributed by atoms with Crippen LogP contribution in [-0.2, 0) is 21.3 Å². The smallest absolute Gasteiger partial charge is 0.256 e. The van der Waals surface area contributed by atoms with E-state index < -0.39 is 10.0 Å². The summed E-state index contributed by atoms with van der Waals surface area (Å²) < 4.78 is 33.3. The predicted molar refractivity (Wildman–Crippen MR) is 93.3 cm³/mol. The van der Waals surface area contributed by atoms with Crippen molar-refractivity contribution in [1.29, 1.82) is 0 Å². The van der Waals surface area contributed by atoms with E-state index in [0.29, 0.717) is 22.5 Å². The lowest BCUT2D eigenvalue weighted by Gasteiger charge is -2.24. The maximum Gasteiger partial charge on any atom is 0.256 e. The maximum absolute atomic E-state index is 12.9. The molecule has 1 N–H and O–H groups in total. The van der Waals surface area contributed by atoms with Gasteiger partial charge in [0.05, 0.1) is 17.1 Å². The van der Waals surface area contributed by atoms with Gasteiger partial charge in [-0.15, -0.1) is 0 Å². The van der Waals surface area contributed by atoms with Gasteiger partial charge in [0.15, 0.2) is 0 Å². The van der Waals surface area contributed by atoms with Gasteiger partial charge in [-0.05, 0) is 43.4 Å². The van der Waals surface area contributed by atoms with E-state index in [1.165, 1.54) is 13.2 Å². The fourth-order valence-electron chi connectivity index (χ4n) is 3.13. The average molecular weight is 417 g/mol. The highest BCUT2D eigenvalue weighted by Gasteiger charge is 2.41. The van der Waals surface area contributed by atoms with Gasteiger partial charge >= 0.3 is 0 Å². The molecular weight excluding hydrogens is 396 g/mol. The van der Waals surface area contributed by atoms with Crippen LogP contribution in [0.15, 0.2) is 21.5 Å². The van der Waals surface area contributed by atoms with Gasteiger partial charge in [0.2, 0.25) is 10.0 Å². The molecule has 24 heavy (non-hydrogen) atoms. The molecule has 3 rings (SSSR count). The van der Waals surface area contributed by atoms with E-state index in [-0.39, 0.29) is 30.0 Å². The lowest BCUT2D eigenvalue weighted by Crippen LogP contribution is -2.35. The van der Waals surface area contributed by atoms with E-state index in [2.05, 4.69) is 20.7 Å². The zero-order chi connectivity index (χ0) is 17.5. The van der Waals surface area contributed by atoms with Gasteiger partial charge in [-0.2, -0.15) is 0 Å². The molecule has 132 valence electrons. The molecule has 8 heteroatoms. The quantitative estimate of drug-likeness (QED) is 0.690. The number of benzene rings is 1. The van der Waals surface area contributed by atoms with Crippen molar-refractivity contribution in [3.05, 3.63) is 27.7 Å². The first-order valence-corrected chi connectivity index (χ1v) is 10.2. The van der Waals surface area contributed by atoms with Crippen LogP contribution in [-0.4, -0.2) is 45.5 Å². The average Bonchev–Trinajstić information content (AvgIpc) is 3.31. The molecule has 1 aromatic carbocycles. The minimum Gasteiger partial charge on any atom is -0.383 e. The van der Waals surface area contributed by atoms with Crippen LogP contribution in [0.2, 0.25) is 0 Å². The second kappa shape index (κ2) is 6.74. The number of hydrogen-bond donors (Lipinski definition) is 1. The van der Waals surface area contributed by atoms with Crippen molar-refractivity contribution in [3.63, 3.8) is 0 Å². The summed E-state index contributed by atoms with van der Waals surface area (Å²) >= 11 is 3.36. The summed E-state index contributed by atoms with van der Waals surface area (Å²) in [7, 11) is -2.27. The van der Waals surface area contributed by atoms with Crippen LogP contribution in [0, 0.1) is 5.92 Å². The number of sulfonamides is 1. The normalized spacial score (nSPS) is 18.8. The number of nitrogens with one attached hydrogen (secondary N) is 1. The number of carbonyl (C=O) groups excluding carboxylic acids is 1. The molecule has 6 nitrogen and oxygen atoms in total. The molecule has 1 unspecified atom stereocenters. The van der Waals surface area contributed by atoms with Crippen molar-refractivity contribution in [2.75, 3.05) is 20.3 Å². The van der Waals surface area contributed by atoms with Gasteiger partial charge in [0.1, 0.15) is 0 Å². The molecule has 0 radical (unpaired) electrons. The highest BCUT2D eigenvalue weighted by atomic mass is 79.9. The second-order valence-electron chi connectivity index (χ2n) is 6.34. The molecule has 1 saturated carbocycles. The van der Waals surface area contributed by atoms with Crippen LogP contribution >= 0.6 is 15.9 Å². The third kappa shape index (κ3) is 3.37. The number of hydrogen-bond acceptors (Lipinski definition) is 4. The molecule has 0 spiro atoms. The summed E-state index contributed by atoms with van der Waals surface area (Å²) in [5, 5.41) is 0. The van der Waals surface area contributed by atoms with Gasteiger partial charge in [0, 0.05) is 30.7 Å². The minimum atomic E-state index is -3.77. The van der Waals surface area contributed by atoms with E-state index in [0.717, 1.165) is 18.4 Å². The Morgan fingerprint density at radius 3 is 2.75 bits per heavy atom. The Bertz CT molecular complexity index is 762. The number of ether oxygens (including phenoxy) is 1. The Kier molecular flexibility index (Phi) is 5.01. The predicted octanol–water partition coefficient (Wildman–Crippen LogP) is 2.13. The Morgan fingerprint density at radius 2 is 2.12 bits per heavy atom. The van der Waals surface area contributed by atoms with Gasteiger partial charge in [-0.1, -0.05) is 15.9 Å². The largest absolute Gasteiger partial charge is 0.383 e. The zero-order valence-electron chi connectivity index (χ0n) is 13.7. The highest BCUT2D eigenvalue weighted by Crippen LogP contribution is 2.40. The summed E-state index contributed by atoms with van der Waals surface area (Å²) in [6.45, 7) is 2.94. The topological polar surface area (TPSA) is 75.7 Å². The number of methoxy groups -OCH3 is 1. The zero-order valence-corrected chi connectivity index (χ0v) is 16.1. The third-order valence-electron chi connectivity index (χ3n) is 4.65. The van der Waals surface area contributed by atoms with Gasteiger partial charge in [-0.25, -0.2) is 13.1 Å². The molecule has 0 aromatic heterocycles. The summed E-state index contributed by atoms with van der Waals surface area (Å²) in [4.78, 5) is 14.7. The van der Waals surface area contributed by atoms with Crippen LogP contribution in [0.5, 0.6) is 0 Å². The van der Waals surface area contributed by atoms with E-state index in [1.54, 1.807) is 4.90 Å². The van der Waals surface area contributed by atoms with E-state index in [9.17, 15) is 13.2 Å². The molecule has 1 aliphatic heterocycles. The molecule has 2 aliphatic rings. The van der Waals surface area contributed by atoms with Crippen LogP contribution in [0.3, 0.4) is 0 Å². The van der Waals surface area contributed by atoms with E-state index >= 15 is 0 Å². The molecule has 1 atom stereocenters. The second-order valence-corrected chi connectivity index (χ2v) is 8.99. The lowest BCUT2D eigenvalue weighted by molar-refractivity contribution is 0.0694. The fourth-order valence-corrected chi connectivity index (χ4v) is 5.07. The fraction of sp³-hybridized carbons (Fsp3) is 0.562. The van der Waals surface area contributed by atoms with Crippen LogP contribution < -0.4 is 4.72 Å². The summed E-state index contributed by atoms with van der Waals surface area (Å²) in [6, 6.07) is 3.47. The number of rotatable bonds is 7. The molecule has 1 aliphatic carbocycles. The Hall–Kier alpha value is -0.960. The van der Waals surface area contributed by atoms with Crippen LogP contribution in [0.1, 0.15) is 35.7 Å². The number of fused-ring (bicyclic) bond motifs is 1. The Balaban J connectivity index is 1.95. The van der Waals surface area contributed by atoms with Gasteiger partial charge in [-0.3, -0.25) is 4.79 Å². The number of nitrogens with zero attached hydrogens (tertiary/aromatic N) is 1. The first-order valence-electron chi connectivity index (χ1n) is 7.97. The molecule has 1 heterocycles. The first kappa shape index (κ1) is 17.8. The molecule has 1 fully saturated rings. The molecule has 1 aromatic rings. The molecule has 0 bridgehead atoms. The maximum atomic E-state index is 12.9. The summed E-state index contributed by atoms with van der Waals surface area (Å²) in [5.74, 6) is 0.343. The van der Waals surface area contributed by atoms with E-state index in [4.69, 9.17) is 4.74 Å². The van der Waals surface area contributed by atoms with Gasteiger partial charge < -0.3 is 9.64 Å². The van der Waals surface area contributed by atoms with Gasteiger partial charge in [0.25, 0.3) is 5.91 Å². The number of amides is 1. The van der Waals surface area contributed by atoms with Crippen molar-refractivity contribution in [3.8, 4) is 0 Å². The van der Waals surface area contributed by atoms with Crippen LogP contribution in [0.4, 0.5) is 0 Å².